The van der Waals surface area contributed by atoms with Gasteiger partial charge in [-0.3, -0.25) is 4.79 Å². The SMILES string of the molecule is CC1CCC(CN(C)Cc2cccc(Cl)c2)(C(=O)O)CC1. The summed E-state index contributed by atoms with van der Waals surface area (Å²) in [6.45, 7) is 3.54. The maximum atomic E-state index is 11.8. The molecule has 0 aliphatic heterocycles. The van der Waals surface area contributed by atoms with Crippen molar-refractivity contribution in [2.24, 2.45) is 11.3 Å². The molecule has 1 aromatic carbocycles. The molecule has 0 saturated heterocycles. The average Bonchev–Trinajstić information content (AvgIpc) is 2.41. The summed E-state index contributed by atoms with van der Waals surface area (Å²) in [5.41, 5.74) is 0.537. The van der Waals surface area contributed by atoms with E-state index < -0.39 is 11.4 Å². The molecule has 0 amide bonds. The van der Waals surface area contributed by atoms with Crippen LogP contribution in [0.15, 0.2) is 24.3 Å². The number of rotatable bonds is 5. The van der Waals surface area contributed by atoms with E-state index in [0.29, 0.717) is 12.5 Å². The highest BCUT2D eigenvalue weighted by Gasteiger charge is 2.41. The van der Waals surface area contributed by atoms with Crippen LogP contribution in [0.1, 0.15) is 38.2 Å². The molecule has 0 unspecified atom stereocenters. The summed E-state index contributed by atoms with van der Waals surface area (Å²) in [5.74, 6) is 0.00283. The van der Waals surface area contributed by atoms with Gasteiger partial charge in [-0.15, -0.1) is 0 Å². The molecular formula is C17H24ClNO2. The Kier molecular flexibility index (Phi) is 5.28. The van der Waals surface area contributed by atoms with Gasteiger partial charge >= 0.3 is 5.97 Å². The normalized spacial score (nSPS) is 26.0. The first-order valence-corrected chi connectivity index (χ1v) is 7.95. The Balaban J connectivity index is 2.02. The first-order valence-electron chi connectivity index (χ1n) is 7.58. The molecule has 2 rings (SSSR count). The minimum atomic E-state index is -0.646. The molecule has 0 aromatic heterocycles. The van der Waals surface area contributed by atoms with E-state index in [0.717, 1.165) is 42.8 Å². The summed E-state index contributed by atoms with van der Waals surface area (Å²) in [6.07, 6.45) is 3.58. The second-order valence-corrected chi connectivity index (χ2v) is 7.01. The van der Waals surface area contributed by atoms with E-state index in [1.54, 1.807) is 0 Å². The third-order valence-electron chi connectivity index (χ3n) is 4.60. The topological polar surface area (TPSA) is 40.5 Å². The minimum Gasteiger partial charge on any atom is -0.481 e. The van der Waals surface area contributed by atoms with Gasteiger partial charge in [-0.1, -0.05) is 30.7 Å². The minimum absolute atomic E-state index is 0.583. The smallest absolute Gasteiger partial charge is 0.310 e. The quantitative estimate of drug-likeness (QED) is 0.892. The monoisotopic (exact) mass is 309 g/mol. The van der Waals surface area contributed by atoms with Crippen molar-refractivity contribution in [1.29, 1.82) is 0 Å². The average molecular weight is 310 g/mol. The van der Waals surface area contributed by atoms with Crippen molar-refractivity contribution in [2.45, 2.75) is 39.2 Å². The molecule has 21 heavy (non-hydrogen) atoms. The zero-order valence-corrected chi connectivity index (χ0v) is 13.6. The third kappa shape index (κ3) is 4.21. The lowest BCUT2D eigenvalue weighted by atomic mass is 9.70. The van der Waals surface area contributed by atoms with E-state index in [1.807, 2.05) is 31.3 Å². The number of carboxylic acid groups (broad SMARTS) is 1. The molecule has 1 aromatic rings. The lowest BCUT2D eigenvalue weighted by molar-refractivity contribution is -0.153. The van der Waals surface area contributed by atoms with Crippen molar-refractivity contribution < 1.29 is 9.90 Å². The summed E-state index contributed by atoms with van der Waals surface area (Å²) in [7, 11) is 1.99. The number of carbonyl (C=O) groups is 1. The number of hydrogen-bond acceptors (Lipinski definition) is 2. The Morgan fingerprint density at radius 2 is 2.10 bits per heavy atom. The molecule has 0 spiro atoms. The van der Waals surface area contributed by atoms with E-state index in [-0.39, 0.29) is 0 Å². The van der Waals surface area contributed by atoms with E-state index in [4.69, 9.17) is 11.6 Å². The fourth-order valence-electron chi connectivity index (χ4n) is 3.27. The fourth-order valence-corrected chi connectivity index (χ4v) is 3.49. The molecule has 0 heterocycles. The van der Waals surface area contributed by atoms with E-state index in [1.165, 1.54) is 0 Å². The lowest BCUT2D eigenvalue weighted by Gasteiger charge is -2.38. The highest BCUT2D eigenvalue weighted by molar-refractivity contribution is 6.30. The van der Waals surface area contributed by atoms with Crippen molar-refractivity contribution in [3.8, 4) is 0 Å². The maximum Gasteiger partial charge on any atom is 0.310 e. The van der Waals surface area contributed by atoms with E-state index >= 15 is 0 Å². The zero-order chi connectivity index (χ0) is 15.5. The lowest BCUT2D eigenvalue weighted by Crippen LogP contribution is -2.44. The molecule has 0 atom stereocenters. The highest BCUT2D eigenvalue weighted by atomic mass is 35.5. The molecule has 1 aliphatic rings. The number of nitrogens with zero attached hydrogens (tertiary/aromatic N) is 1. The van der Waals surface area contributed by atoms with Crippen LogP contribution < -0.4 is 0 Å². The van der Waals surface area contributed by atoms with E-state index in [2.05, 4.69) is 11.8 Å². The maximum absolute atomic E-state index is 11.8. The van der Waals surface area contributed by atoms with Crippen molar-refractivity contribution in [1.82, 2.24) is 4.90 Å². The fraction of sp³-hybridized carbons (Fsp3) is 0.588. The molecule has 1 N–H and O–H groups in total. The summed E-state index contributed by atoms with van der Waals surface area (Å²) in [5, 5.41) is 10.4. The standard InChI is InChI=1S/C17H24ClNO2/c1-13-6-8-17(9-7-13,16(20)21)12-19(2)11-14-4-3-5-15(18)10-14/h3-5,10,13H,6-9,11-12H2,1-2H3,(H,20,21). The summed E-state index contributed by atoms with van der Waals surface area (Å²) in [4.78, 5) is 13.9. The summed E-state index contributed by atoms with van der Waals surface area (Å²) < 4.78 is 0. The molecule has 4 heteroatoms. The summed E-state index contributed by atoms with van der Waals surface area (Å²) >= 11 is 6.00. The molecule has 1 fully saturated rings. The van der Waals surface area contributed by atoms with Crippen LogP contribution in [0.5, 0.6) is 0 Å². The van der Waals surface area contributed by atoms with Crippen molar-refractivity contribution in [3.63, 3.8) is 0 Å². The van der Waals surface area contributed by atoms with Gasteiger partial charge in [-0.25, -0.2) is 0 Å². The van der Waals surface area contributed by atoms with Gasteiger partial charge in [-0.05, 0) is 56.3 Å². The number of aliphatic carboxylic acids is 1. The first-order chi connectivity index (χ1) is 9.91. The van der Waals surface area contributed by atoms with Crippen LogP contribution in [0.4, 0.5) is 0 Å². The van der Waals surface area contributed by atoms with Gasteiger partial charge in [0.1, 0.15) is 0 Å². The van der Waals surface area contributed by atoms with Gasteiger partial charge < -0.3 is 10.0 Å². The summed E-state index contributed by atoms with van der Waals surface area (Å²) in [6, 6.07) is 7.75. The predicted molar refractivity (Wildman–Crippen MR) is 85.5 cm³/mol. The van der Waals surface area contributed by atoms with E-state index in [9.17, 15) is 9.90 Å². The highest BCUT2D eigenvalue weighted by Crippen LogP contribution is 2.39. The second-order valence-electron chi connectivity index (χ2n) is 6.57. The van der Waals surface area contributed by atoms with Gasteiger partial charge in [0.15, 0.2) is 0 Å². The Hall–Kier alpha value is -1.06. The van der Waals surface area contributed by atoms with Crippen LogP contribution in [-0.2, 0) is 11.3 Å². The number of halogens is 1. The van der Waals surface area contributed by atoms with Crippen LogP contribution in [0.2, 0.25) is 5.02 Å². The van der Waals surface area contributed by atoms with Gasteiger partial charge in [0.2, 0.25) is 0 Å². The molecule has 3 nitrogen and oxygen atoms in total. The molecule has 1 aliphatic carbocycles. The Labute approximate surface area is 131 Å². The van der Waals surface area contributed by atoms with Gasteiger partial charge in [0.25, 0.3) is 0 Å². The molecule has 0 bridgehead atoms. The Morgan fingerprint density at radius 3 is 2.67 bits per heavy atom. The molecule has 116 valence electrons. The van der Waals surface area contributed by atoms with Crippen LogP contribution in [0.3, 0.4) is 0 Å². The first kappa shape index (κ1) is 16.3. The molecule has 0 radical (unpaired) electrons. The van der Waals surface area contributed by atoms with Crippen molar-refractivity contribution in [3.05, 3.63) is 34.9 Å². The van der Waals surface area contributed by atoms with Crippen LogP contribution in [-0.4, -0.2) is 29.6 Å². The second kappa shape index (κ2) is 6.80. The number of hydrogen-bond donors (Lipinski definition) is 1. The van der Waals surface area contributed by atoms with Crippen molar-refractivity contribution >= 4 is 17.6 Å². The Morgan fingerprint density at radius 1 is 1.43 bits per heavy atom. The zero-order valence-electron chi connectivity index (χ0n) is 12.8. The predicted octanol–water partition coefficient (Wildman–Crippen LogP) is 4.05. The third-order valence-corrected chi connectivity index (χ3v) is 4.83. The van der Waals surface area contributed by atoms with Crippen LogP contribution in [0.25, 0.3) is 0 Å². The molecular weight excluding hydrogens is 286 g/mol. The van der Waals surface area contributed by atoms with Gasteiger partial charge in [0.05, 0.1) is 5.41 Å². The van der Waals surface area contributed by atoms with Crippen molar-refractivity contribution in [2.75, 3.05) is 13.6 Å². The van der Waals surface area contributed by atoms with Gasteiger partial charge in [-0.2, -0.15) is 0 Å². The van der Waals surface area contributed by atoms with Gasteiger partial charge in [0, 0.05) is 18.1 Å². The largest absolute Gasteiger partial charge is 0.481 e. The Bertz CT molecular complexity index is 495. The number of carboxylic acids is 1. The molecule has 1 saturated carbocycles. The van der Waals surface area contributed by atoms with Crippen LogP contribution in [0, 0.1) is 11.3 Å². The number of benzene rings is 1. The van der Waals surface area contributed by atoms with Crippen LogP contribution >= 0.6 is 11.6 Å².